The summed E-state index contributed by atoms with van der Waals surface area (Å²) < 4.78 is 5.01. The summed E-state index contributed by atoms with van der Waals surface area (Å²) in [7, 11) is 1.30. The molecule has 0 aliphatic carbocycles. The van der Waals surface area contributed by atoms with Crippen molar-refractivity contribution in [1.82, 2.24) is 4.98 Å². The van der Waals surface area contributed by atoms with Crippen LogP contribution >= 0.6 is 27.7 Å². The molecule has 0 radical (unpaired) electrons. The second-order valence-electron chi connectivity index (χ2n) is 2.91. The maximum atomic E-state index is 10.9. The highest BCUT2D eigenvalue weighted by Crippen LogP contribution is 2.29. The van der Waals surface area contributed by atoms with Gasteiger partial charge in [0.1, 0.15) is 0 Å². The van der Waals surface area contributed by atoms with Gasteiger partial charge in [0, 0.05) is 22.5 Å². The van der Waals surface area contributed by atoms with Crippen molar-refractivity contribution >= 4 is 39.3 Å². The van der Waals surface area contributed by atoms with Crippen LogP contribution in [0.25, 0.3) is 0 Å². The molecule has 0 saturated heterocycles. The number of thioether (sulfide) groups is 1. The molecule has 1 aromatic rings. The second-order valence-corrected chi connectivity index (χ2v) is 4.91. The molecule has 0 saturated carbocycles. The molecule has 0 spiro atoms. The zero-order chi connectivity index (χ0) is 12.8. The number of carbonyl (C=O) groups excluding carboxylic acids is 1. The number of halogens is 1. The van der Waals surface area contributed by atoms with Crippen LogP contribution in [-0.2, 0) is 9.53 Å². The van der Waals surface area contributed by atoms with E-state index >= 15 is 0 Å². The van der Waals surface area contributed by atoms with Crippen LogP contribution in [0.15, 0.2) is 21.8 Å². The molecule has 92 valence electrons. The first kappa shape index (κ1) is 13.9. The van der Waals surface area contributed by atoms with Gasteiger partial charge in [-0.05, 0) is 15.9 Å². The van der Waals surface area contributed by atoms with E-state index in [-0.39, 0.29) is 18.1 Å². The SMILES string of the molecule is COC(=O)CCSc1ncc(Br)cc1[N+](=O)[O-]. The average Bonchev–Trinajstić information content (AvgIpc) is 2.30. The summed E-state index contributed by atoms with van der Waals surface area (Å²) in [6, 6.07) is 1.38. The third kappa shape index (κ3) is 4.31. The molecule has 8 heteroatoms. The number of nitrogens with zero attached hydrogens (tertiary/aromatic N) is 2. The molecule has 0 amide bonds. The fourth-order valence-corrected chi connectivity index (χ4v) is 2.18. The van der Waals surface area contributed by atoms with Crippen molar-refractivity contribution in [1.29, 1.82) is 0 Å². The molecule has 17 heavy (non-hydrogen) atoms. The van der Waals surface area contributed by atoms with E-state index in [0.717, 1.165) is 11.8 Å². The van der Waals surface area contributed by atoms with E-state index < -0.39 is 4.92 Å². The van der Waals surface area contributed by atoms with Gasteiger partial charge in [0.15, 0.2) is 5.03 Å². The van der Waals surface area contributed by atoms with Crippen LogP contribution in [-0.4, -0.2) is 28.7 Å². The molecule has 0 aromatic carbocycles. The maximum Gasteiger partial charge on any atom is 0.306 e. The van der Waals surface area contributed by atoms with Crippen LogP contribution in [0.5, 0.6) is 0 Å². The van der Waals surface area contributed by atoms with Crippen LogP contribution in [0.4, 0.5) is 5.69 Å². The van der Waals surface area contributed by atoms with Gasteiger partial charge >= 0.3 is 11.7 Å². The highest BCUT2D eigenvalue weighted by molar-refractivity contribution is 9.10. The summed E-state index contributed by atoms with van der Waals surface area (Å²) in [5, 5.41) is 11.1. The predicted octanol–water partition coefficient (Wildman–Crippen LogP) is 2.41. The van der Waals surface area contributed by atoms with Crippen LogP contribution in [0, 0.1) is 10.1 Å². The standard InChI is InChI=1S/C9H9BrN2O4S/c1-16-8(13)2-3-17-9-7(12(14)15)4-6(10)5-11-9/h4-5H,2-3H2,1H3. The fourth-order valence-electron chi connectivity index (χ4n) is 0.991. The van der Waals surface area contributed by atoms with Gasteiger partial charge < -0.3 is 4.74 Å². The minimum absolute atomic E-state index is 0.0748. The topological polar surface area (TPSA) is 82.3 Å². The Morgan fingerprint density at radius 3 is 3.00 bits per heavy atom. The van der Waals surface area contributed by atoms with Crippen molar-refractivity contribution in [2.75, 3.05) is 12.9 Å². The Labute approximate surface area is 110 Å². The van der Waals surface area contributed by atoms with Gasteiger partial charge in [-0.1, -0.05) is 11.8 Å². The lowest BCUT2D eigenvalue weighted by molar-refractivity contribution is -0.388. The van der Waals surface area contributed by atoms with E-state index in [1.54, 1.807) is 0 Å². The minimum atomic E-state index is -0.502. The first-order valence-corrected chi connectivity index (χ1v) is 6.32. The third-order valence-electron chi connectivity index (χ3n) is 1.77. The summed E-state index contributed by atoms with van der Waals surface area (Å²) in [5.41, 5.74) is -0.0748. The van der Waals surface area contributed by atoms with Crippen molar-refractivity contribution in [2.24, 2.45) is 0 Å². The lowest BCUT2D eigenvalue weighted by atomic mass is 10.4. The number of methoxy groups -OCH3 is 1. The van der Waals surface area contributed by atoms with Crippen LogP contribution in [0.3, 0.4) is 0 Å². The predicted molar refractivity (Wildman–Crippen MR) is 65.9 cm³/mol. The van der Waals surface area contributed by atoms with Gasteiger partial charge in [0.25, 0.3) is 0 Å². The Morgan fingerprint density at radius 2 is 2.41 bits per heavy atom. The van der Waals surface area contributed by atoms with E-state index in [2.05, 4.69) is 25.7 Å². The monoisotopic (exact) mass is 320 g/mol. The summed E-state index contributed by atoms with van der Waals surface area (Å²) in [4.78, 5) is 25.1. The molecule has 0 aliphatic heterocycles. The highest BCUT2D eigenvalue weighted by atomic mass is 79.9. The van der Waals surface area contributed by atoms with E-state index in [9.17, 15) is 14.9 Å². The average molecular weight is 321 g/mol. The number of nitro groups is 1. The quantitative estimate of drug-likeness (QED) is 0.358. The van der Waals surface area contributed by atoms with Gasteiger partial charge in [0.2, 0.25) is 0 Å². The first-order valence-electron chi connectivity index (χ1n) is 4.54. The van der Waals surface area contributed by atoms with Crippen LogP contribution in [0.2, 0.25) is 0 Å². The smallest absolute Gasteiger partial charge is 0.306 e. The zero-order valence-electron chi connectivity index (χ0n) is 8.88. The van der Waals surface area contributed by atoms with E-state index in [4.69, 9.17) is 0 Å². The molecule has 0 atom stereocenters. The molecule has 0 fully saturated rings. The Balaban J connectivity index is 2.70. The van der Waals surface area contributed by atoms with Crippen LogP contribution in [0.1, 0.15) is 6.42 Å². The molecule has 0 unspecified atom stereocenters. The van der Waals surface area contributed by atoms with Gasteiger partial charge in [-0.3, -0.25) is 14.9 Å². The largest absolute Gasteiger partial charge is 0.469 e. The Morgan fingerprint density at radius 1 is 1.71 bits per heavy atom. The van der Waals surface area contributed by atoms with E-state index in [0.29, 0.717) is 15.3 Å². The lowest BCUT2D eigenvalue weighted by Crippen LogP contribution is -2.01. The van der Waals surface area contributed by atoms with Gasteiger partial charge in [-0.2, -0.15) is 0 Å². The molecule has 0 bridgehead atoms. The number of aromatic nitrogens is 1. The number of pyridine rings is 1. The summed E-state index contributed by atoms with van der Waals surface area (Å²) >= 11 is 4.27. The number of hydrogen-bond donors (Lipinski definition) is 0. The van der Waals surface area contributed by atoms with Gasteiger partial charge in [-0.15, -0.1) is 0 Å². The lowest BCUT2D eigenvalue weighted by Gasteiger charge is -2.02. The molecule has 0 N–H and O–H groups in total. The third-order valence-corrected chi connectivity index (χ3v) is 3.20. The highest BCUT2D eigenvalue weighted by Gasteiger charge is 2.16. The number of rotatable bonds is 5. The molecule has 0 aliphatic rings. The number of carbonyl (C=O) groups is 1. The van der Waals surface area contributed by atoms with Crippen molar-refractivity contribution in [3.05, 3.63) is 26.9 Å². The molecular formula is C9H9BrN2O4S. The summed E-state index contributed by atoms with van der Waals surface area (Å²) in [6.45, 7) is 0. The number of ether oxygens (including phenoxy) is 1. The van der Waals surface area contributed by atoms with Crippen molar-refractivity contribution < 1.29 is 14.5 Å². The Kier molecular flexibility index (Phi) is 5.36. The summed E-state index contributed by atoms with van der Waals surface area (Å²) in [5.74, 6) is 0.0413. The summed E-state index contributed by atoms with van der Waals surface area (Å²) in [6.07, 6.45) is 1.67. The normalized spacial score (nSPS) is 10.0. The van der Waals surface area contributed by atoms with Crippen molar-refractivity contribution in [2.45, 2.75) is 11.4 Å². The van der Waals surface area contributed by atoms with Gasteiger partial charge in [0.05, 0.1) is 18.5 Å². The van der Waals surface area contributed by atoms with E-state index in [1.807, 2.05) is 0 Å². The number of esters is 1. The van der Waals surface area contributed by atoms with Gasteiger partial charge in [-0.25, -0.2) is 4.98 Å². The first-order chi connectivity index (χ1) is 8.04. The Hall–Kier alpha value is -1.15. The van der Waals surface area contributed by atoms with Crippen LogP contribution < -0.4 is 0 Å². The molecule has 1 heterocycles. The Bertz CT molecular complexity index is 441. The second kappa shape index (κ2) is 6.55. The maximum absolute atomic E-state index is 10.9. The van der Waals surface area contributed by atoms with Crippen molar-refractivity contribution in [3.8, 4) is 0 Å². The van der Waals surface area contributed by atoms with E-state index in [1.165, 1.54) is 19.4 Å². The molecule has 1 aromatic heterocycles. The minimum Gasteiger partial charge on any atom is -0.469 e. The zero-order valence-corrected chi connectivity index (χ0v) is 11.3. The van der Waals surface area contributed by atoms with Crippen molar-refractivity contribution in [3.63, 3.8) is 0 Å². The molecule has 1 rings (SSSR count). The molecule has 6 nitrogen and oxygen atoms in total. The fraction of sp³-hybridized carbons (Fsp3) is 0.333. The number of hydrogen-bond acceptors (Lipinski definition) is 6. The molecular weight excluding hydrogens is 312 g/mol.